The summed E-state index contributed by atoms with van der Waals surface area (Å²) in [6.45, 7) is 5.75. The van der Waals surface area contributed by atoms with Crippen LogP contribution < -0.4 is 10.4 Å². The Morgan fingerprint density at radius 3 is 2.97 bits per heavy atom. The number of rotatable bonds is 3. The molecule has 4 rings (SSSR count). The molecule has 1 atom stereocenters. The van der Waals surface area contributed by atoms with Crippen LogP contribution in [0.4, 0.5) is 0 Å². The minimum atomic E-state index is -1.04. The van der Waals surface area contributed by atoms with Gasteiger partial charge in [-0.05, 0) is 38.0 Å². The molecular formula is C22H24N2O5. The summed E-state index contributed by atoms with van der Waals surface area (Å²) < 4.78 is 18.3. The summed E-state index contributed by atoms with van der Waals surface area (Å²) in [6.07, 6.45) is 0.559. The molecule has 7 nitrogen and oxygen atoms in total. The van der Waals surface area contributed by atoms with Gasteiger partial charge in [-0.3, -0.25) is 4.57 Å². The normalized spacial score (nSPS) is 18.2. The van der Waals surface area contributed by atoms with E-state index in [1.165, 1.54) is 0 Å². The number of aryl methyl sites for hydroxylation is 1. The molecule has 29 heavy (non-hydrogen) atoms. The fraction of sp³-hybridized carbons (Fsp3) is 0.455. The molecule has 1 aromatic heterocycles. The molecular weight excluding hydrogens is 372 g/mol. The minimum Gasteiger partial charge on any atom is -0.475 e. The van der Waals surface area contributed by atoms with Gasteiger partial charge in [0.2, 0.25) is 5.88 Å². The molecule has 0 aliphatic carbocycles. The van der Waals surface area contributed by atoms with Crippen molar-refractivity contribution in [3.05, 3.63) is 45.9 Å². The fourth-order valence-corrected chi connectivity index (χ4v) is 3.39. The molecule has 2 aromatic rings. The van der Waals surface area contributed by atoms with Crippen molar-refractivity contribution >= 4 is 0 Å². The monoisotopic (exact) mass is 396 g/mol. The molecule has 2 aliphatic rings. The maximum absolute atomic E-state index is 12.5. The standard InChI is InChI=1S/C22H24N2O5/c1-22(2,26)7-5-15-3-4-18-16(11-15)6-8-24-19(18)12-20(23-21(24)25)29-14-17-13-27-9-10-28-17/h3-4,11-12,17,26H,6,8-10,13-14H2,1-2H3/t17-/m0/s1. The summed E-state index contributed by atoms with van der Waals surface area (Å²) in [7, 11) is 0. The second-order valence-corrected chi connectivity index (χ2v) is 7.72. The van der Waals surface area contributed by atoms with Crippen LogP contribution in [-0.2, 0) is 22.4 Å². The van der Waals surface area contributed by atoms with Crippen molar-refractivity contribution in [3.63, 3.8) is 0 Å². The highest BCUT2D eigenvalue weighted by molar-refractivity contribution is 5.68. The molecule has 0 amide bonds. The molecule has 1 N–H and O–H groups in total. The van der Waals surface area contributed by atoms with Gasteiger partial charge < -0.3 is 19.3 Å². The molecule has 0 bridgehead atoms. The van der Waals surface area contributed by atoms with Gasteiger partial charge in [-0.25, -0.2) is 4.79 Å². The summed E-state index contributed by atoms with van der Waals surface area (Å²) in [5.41, 5.74) is 2.32. The van der Waals surface area contributed by atoms with Crippen LogP contribution in [0, 0.1) is 11.8 Å². The topological polar surface area (TPSA) is 82.8 Å². The van der Waals surface area contributed by atoms with Gasteiger partial charge in [-0.1, -0.05) is 17.9 Å². The molecule has 1 saturated heterocycles. The number of ether oxygens (including phenoxy) is 3. The Hall–Kier alpha value is -2.66. The average Bonchev–Trinajstić information content (AvgIpc) is 2.70. The van der Waals surface area contributed by atoms with Gasteiger partial charge >= 0.3 is 5.69 Å². The Bertz CT molecular complexity index is 1020. The van der Waals surface area contributed by atoms with Gasteiger partial charge in [0.1, 0.15) is 18.3 Å². The first-order chi connectivity index (χ1) is 13.9. The third-order valence-electron chi connectivity index (χ3n) is 4.79. The summed E-state index contributed by atoms with van der Waals surface area (Å²) in [5, 5.41) is 9.80. The summed E-state index contributed by atoms with van der Waals surface area (Å²) in [5.74, 6) is 6.12. The molecule has 1 aromatic carbocycles. The zero-order chi connectivity index (χ0) is 20.4. The summed E-state index contributed by atoms with van der Waals surface area (Å²) >= 11 is 0. The van der Waals surface area contributed by atoms with Gasteiger partial charge in [0.05, 0.1) is 25.5 Å². The van der Waals surface area contributed by atoms with Crippen LogP contribution in [0.15, 0.2) is 29.1 Å². The number of hydrogen-bond acceptors (Lipinski definition) is 6. The molecule has 0 spiro atoms. The van der Waals surface area contributed by atoms with Crippen LogP contribution in [0.5, 0.6) is 5.88 Å². The van der Waals surface area contributed by atoms with Crippen LogP contribution in [-0.4, -0.2) is 52.8 Å². The SMILES string of the molecule is CC(C)(O)C#Cc1ccc2c(c1)CCn1c-2cc(OC[C@@H]2COCCO2)nc1=O. The number of aliphatic hydroxyl groups is 1. The first-order valence-corrected chi connectivity index (χ1v) is 9.72. The van der Waals surface area contributed by atoms with Crippen molar-refractivity contribution in [2.75, 3.05) is 26.4 Å². The lowest BCUT2D eigenvalue weighted by atomic mass is 9.95. The fourth-order valence-electron chi connectivity index (χ4n) is 3.39. The van der Waals surface area contributed by atoms with E-state index in [0.29, 0.717) is 26.4 Å². The van der Waals surface area contributed by atoms with Crippen LogP contribution in [0.3, 0.4) is 0 Å². The maximum atomic E-state index is 12.5. The largest absolute Gasteiger partial charge is 0.475 e. The molecule has 0 unspecified atom stereocenters. The second kappa shape index (κ2) is 7.99. The van der Waals surface area contributed by atoms with Gasteiger partial charge in [0, 0.05) is 23.7 Å². The Kier molecular flexibility index (Phi) is 5.41. The maximum Gasteiger partial charge on any atom is 0.351 e. The smallest absolute Gasteiger partial charge is 0.351 e. The first kappa shape index (κ1) is 19.6. The van der Waals surface area contributed by atoms with E-state index in [1.807, 2.05) is 18.2 Å². The van der Waals surface area contributed by atoms with Crippen molar-refractivity contribution in [3.8, 4) is 29.0 Å². The highest BCUT2D eigenvalue weighted by Crippen LogP contribution is 2.30. The Labute approximate surface area is 169 Å². The lowest BCUT2D eigenvalue weighted by molar-refractivity contribution is -0.102. The predicted molar refractivity (Wildman–Crippen MR) is 107 cm³/mol. The summed E-state index contributed by atoms with van der Waals surface area (Å²) in [6, 6.07) is 7.66. The van der Waals surface area contributed by atoms with Crippen molar-refractivity contribution < 1.29 is 19.3 Å². The molecule has 0 saturated carbocycles. The van der Waals surface area contributed by atoms with E-state index in [-0.39, 0.29) is 24.3 Å². The van der Waals surface area contributed by atoms with Crippen LogP contribution in [0.1, 0.15) is 25.0 Å². The van der Waals surface area contributed by atoms with Gasteiger partial charge in [0.25, 0.3) is 0 Å². The Morgan fingerprint density at radius 1 is 1.34 bits per heavy atom. The first-order valence-electron chi connectivity index (χ1n) is 9.72. The average molecular weight is 396 g/mol. The zero-order valence-electron chi connectivity index (χ0n) is 16.6. The van der Waals surface area contributed by atoms with Gasteiger partial charge in [-0.15, -0.1) is 0 Å². The molecule has 0 radical (unpaired) electrons. The highest BCUT2D eigenvalue weighted by Gasteiger charge is 2.21. The second-order valence-electron chi connectivity index (χ2n) is 7.72. The lowest BCUT2D eigenvalue weighted by Crippen LogP contribution is -2.34. The molecule has 1 fully saturated rings. The van der Waals surface area contributed by atoms with E-state index in [1.54, 1.807) is 24.5 Å². The van der Waals surface area contributed by atoms with Crippen molar-refractivity contribution in [2.45, 2.75) is 38.5 Å². The molecule has 7 heteroatoms. The molecule has 2 aliphatic heterocycles. The predicted octanol–water partition coefficient (Wildman–Crippen LogP) is 1.38. The third kappa shape index (κ3) is 4.67. The van der Waals surface area contributed by atoms with Gasteiger partial charge in [-0.2, -0.15) is 4.98 Å². The lowest BCUT2D eigenvalue weighted by Gasteiger charge is -2.24. The Balaban J connectivity index is 1.60. The van der Waals surface area contributed by atoms with Gasteiger partial charge in [0.15, 0.2) is 0 Å². The van der Waals surface area contributed by atoms with E-state index in [4.69, 9.17) is 14.2 Å². The quantitative estimate of drug-likeness (QED) is 0.790. The minimum absolute atomic E-state index is 0.159. The molecule has 152 valence electrons. The van der Waals surface area contributed by atoms with E-state index >= 15 is 0 Å². The number of benzene rings is 1. The van der Waals surface area contributed by atoms with Crippen LogP contribution in [0.25, 0.3) is 11.3 Å². The zero-order valence-corrected chi connectivity index (χ0v) is 16.6. The van der Waals surface area contributed by atoms with Crippen LogP contribution >= 0.6 is 0 Å². The number of fused-ring (bicyclic) bond motifs is 3. The molecule has 3 heterocycles. The van der Waals surface area contributed by atoms with Crippen molar-refractivity contribution in [2.24, 2.45) is 0 Å². The number of hydrogen-bond donors (Lipinski definition) is 1. The number of nitrogens with zero attached hydrogens (tertiary/aromatic N) is 2. The van der Waals surface area contributed by atoms with Crippen LogP contribution in [0.2, 0.25) is 0 Å². The highest BCUT2D eigenvalue weighted by atomic mass is 16.6. The Morgan fingerprint density at radius 2 is 2.21 bits per heavy atom. The number of aromatic nitrogens is 2. The van der Waals surface area contributed by atoms with E-state index < -0.39 is 5.60 Å². The van der Waals surface area contributed by atoms with Crippen molar-refractivity contribution in [1.29, 1.82) is 0 Å². The van der Waals surface area contributed by atoms with E-state index in [2.05, 4.69) is 16.8 Å². The van der Waals surface area contributed by atoms with Crippen molar-refractivity contribution in [1.82, 2.24) is 9.55 Å². The van der Waals surface area contributed by atoms with E-state index in [9.17, 15) is 9.90 Å². The summed E-state index contributed by atoms with van der Waals surface area (Å²) in [4.78, 5) is 16.5. The third-order valence-corrected chi connectivity index (χ3v) is 4.79. The van der Waals surface area contributed by atoms with E-state index in [0.717, 1.165) is 28.8 Å².